The van der Waals surface area contributed by atoms with Crippen molar-refractivity contribution in [3.8, 4) is 0 Å². The Hall–Kier alpha value is -5.66. The summed E-state index contributed by atoms with van der Waals surface area (Å²) >= 11 is 8.04. The van der Waals surface area contributed by atoms with Gasteiger partial charge >= 0.3 is 186 Å². The lowest BCUT2D eigenvalue weighted by Crippen LogP contribution is -2.60. The highest BCUT2D eigenvalue weighted by atomic mass is 32.1. The highest BCUT2D eigenvalue weighted by Gasteiger charge is 2.81. The van der Waals surface area contributed by atoms with Gasteiger partial charge in [0.15, 0.2) is 0 Å². The quantitative estimate of drug-likeness (QED) is 0.0262. The molecule has 0 saturated heterocycles. The molecule has 0 rings (SSSR count). The van der Waals surface area contributed by atoms with Gasteiger partial charge in [-0.25, -0.2) is 35.1 Å². The number of halogens is 70. The maximum absolute atomic E-state index is 13.5. The van der Waals surface area contributed by atoms with Crippen LogP contribution in [0.2, 0.25) is 0 Å². The van der Waals surface area contributed by atoms with Gasteiger partial charge in [0.05, 0.1) is 0 Å². The van der Waals surface area contributed by atoms with Crippen molar-refractivity contribution in [2.24, 2.45) is 0 Å². The van der Waals surface area contributed by atoms with Crippen LogP contribution < -0.4 is 10.6 Å². The lowest BCUT2D eigenvalue weighted by atomic mass is 10.1. The minimum absolute atomic E-state index is 0.243. The van der Waals surface area contributed by atoms with Crippen LogP contribution in [0.4, 0.5) is 307 Å². The summed E-state index contributed by atoms with van der Waals surface area (Å²) in [6.07, 6.45) is -121. The van der Waals surface area contributed by atoms with Crippen LogP contribution in [0.3, 0.4) is 0 Å². The first-order valence-corrected chi connectivity index (χ1v) is 33.5. The lowest BCUT2D eigenvalue weighted by Gasteiger charge is -2.34. The topological polar surface area (TPSA) is 151 Å². The van der Waals surface area contributed by atoms with Gasteiger partial charge in [-0.15, -0.1) is 0 Å². The monoisotopic (exact) mass is 2290 g/mol. The molecule has 2 N–H and O–H groups in total. The van der Waals surface area contributed by atoms with Crippen molar-refractivity contribution in [1.29, 1.82) is 0 Å². The molecule has 840 valence electrons. The van der Waals surface area contributed by atoms with Gasteiger partial charge in [-0.2, -0.15) is 297 Å². The van der Waals surface area contributed by atoms with E-state index in [9.17, 15) is 317 Å². The van der Waals surface area contributed by atoms with Crippen molar-refractivity contribution < 1.29 is 364 Å². The van der Waals surface area contributed by atoms with Gasteiger partial charge in [0, 0.05) is 13.1 Å². The first kappa shape index (κ1) is 148. The van der Waals surface area contributed by atoms with Gasteiger partial charge < -0.3 is 10.6 Å². The predicted molar refractivity (Wildman–Crippen MR) is 303 cm³/mol. The number of carbonyl (C=O) groups excluding carboxylic acids is 2. The van der Waals surface area contributed by atoms with E-state index in [4.69, 9.17) is 0 Å². The molecule has 0 aromatic heterocycles. The van der Waals surface area contributed by atoms with Gasteiger partial charge in [-0.3, -0.25) is 57.0 Å². The Bertz CT molecular complexity index is 2980. The molecule has 0 heterocycles. The molecule has 0 spiro atoms. The normalized spacial score (nSPS) is 17.1. The second-order valence-corrected chi connectivity index (χ2v) is 23.6. The minimum atomic E-state index is -6.95. The number of carbonyl (C=O) groups is 2. The highest BCUT2D eigenvalue weighted by molar-refractivity contribution is 7.80. The maximum Gasteiger partial charge on any atom is 0.458 e. The van der Waals surface area contributed by atoms with E-state index < -0.39 is 223 Å². The molecule has 0 fully saturated rings. The van der Waals surface area contributed by atoms with Crippen LogP contribution in [-0.2, 0) is 57.0 Å². The fourth-order valence-electron chi connectivity index (χ4n) is 6.05. The fraction of sp³-hybridized carbons (Fsp3) is 0.962. The molecule has 0 aliphatic heterocycles. The van der Waals surface area contributed by atoms with E-state index in [-0.39, 0.29) is 13.1 Å². The lowest BCUT2D eigenvalue weighted by molar-refractivity contribution is -0.500. The number of nitrogens with one attached hydrogen (secondary N) is 2. The third-order valence-electron chi connectivity index (χ3n) is 12.0. The molecule has 2 amide bonds. The number of thiol groups is 2. The molecule has 10 atom stereocenters. The Labute approximate surface area is 725 Å². The molecule has 14 nitrogen and oxygen atoms in total. The van der Waals surface area contributed by atoms with Crippen molar-refractivity contribution in [2.45, 2.75) is 289 Å². The Morgan fingerprint density at radius 2 is 0.333 bits per heavy atom. The molecule has 0 aromatic rings. The van der Waals surface area contributed by atoms with E-state index in [0.29, 0.717) is 31.4 Å². The molecular formula is C52H48F70N2O12S2. The summed E-state index contributed by atoms with van der Waals surface area (Å²) in [5.74, 6) is -39.9. The van der Waals surface area contributed by atoms with E-state index in [1.54, 1.807) is 10.6 Å². The van der Waals surface area contributed by atoms with Gasteiger partial charge in [0.1, 0.15) is 0 Å². The zero-order valence-corrected chi connectivity index (χ0v) is 65.3. The summed E-state index contributed by atoms with van der Waals surface area (Å²) in [6, 6.07) is 0. The first-order chi connectivity index (χ1) is 60.4. The number of hydrogen-bond donors (Lipinski definition) is 4. The molecule has 0 aromatic carbocycles. The van der Waals surface area contributed by atoms with Crippen molar-refractivity contribution in [3.63, 3.8) is 0 Å². The first-order valence-electron chi connectivity index (χ1n) is 32.2. The van der Waals surface area contributed by atoms with Gasteiger partial charge in [0.25, 0.3) is 37.2 Å². The minimum Gasteiger partial charge on any atom is -0.351 e. The summed E-state index contributed by atoms with van der Waals surface area (Å²) < 4.78 is 847. The number of ether oxygens (including phenoxy) is 10. The molecule has 0 saturated carbocycles. The average Bonchev–Trinajstić information content (AvgIpc) is 0.768. The molecule has 10 unspecified atom stereocenters. The summed E-state index contributed by atoms with van der Waals surface area (Å²) in [5, 5.41) is 3.25. The number of unbranched alkanes of at least 4 members (excludes halogenated alkanes) is 10. The van der Waals surface area contributed by atoms with Crippen LogP contribution in [0.1, 0.15) is 77.0 Å². The Kier molecular flexibility index (Phi) is 61.9. The zero-order chi connectivity index (χ0) is 113. The van der Waals surface area contributed by atoms with E-state index in [2.05, 4.69) is 34.7 Å². The second kappa shape index (κ2) is 57.9. The van der Waals surface area contributed by atoms with Crippen LogP contribution in [0.15, 0.2) is 0 Å². The number of alkyl halides is 70. The predicted octanol–water partition coefficient (Wildman–Crippen LogP) is 27.0. The average molecular weight is 2290 g/mol. The van der Waals surface area contributed by atoms with Gasteiger partial charge in [-0.1, -0.05) is 51.4 Å². The van der Waals surface area contributed by atoms with Crippen LogP contribution in [-0.4, -0.2) is 248 Å². The van der Waals surface area contributed by atoms with E-state index in [1.807, 2.05) is 37.9 Å². The molecule has 0 aliphatic rings. The molecule has 138 heavy (non-hydrogen) atoms. The number of amides is 2. The maximum atomic E-state index is 13.5. The molecule has 0 aliphatic carbocycles. The number of rotatable bonds is 42. The number of hydrogen-bond acceptors (Lipinski definition) is 14. The van der Waals surface area contributed by atoms with E-state index in [1.165, 1.54) is 0 Å². The summed E-state index contributed by atoms with van der Waals surface area (Å²) in [6.45, 7) is -27.9. The van der Waals surface area contributed by atoms with E-state index >= 15 is 0 Å². The van der Waals surface area contributed by atoms with Crippen LogP contribution in [0, 0.1) is 0 Å². The third kappa shape index (κ3) is 53.3. The SMILES string of the molecule is FC(F)C(F)(F)F.FC(F)C(F)(F)F.FC(F)OC(F)(C(F)(F)F)C(F)(F)OC(F)C(F)(F)F.FC(F)OC(F)(C(F)(F)F)C(F)(F)OC(F)C(F)(F)F.FC(F)OC(F)(C(F)(F)F)C(F)(F)OC(F)C(F)(F)F.FC(F)OC(F)(C(F)(F)F)C(F)(F)OC(F)C(F)(F)F.O=C(NCCCCCCCCCCS)C(F)(OC(F)F)C(F)(F)F.O=C(NCCCCCCS)C(F)(OC(F)F)C(F)(F)F. The Morgan fingerprint density at radius 3 is 0.442 bits per heavy atom. The molecule has 86 heteroatoms. The zero-order valence-electron chi connectivity index (χ0n) is 63.5. The van der Waals surface area contributed by atoms with Crippen molar-refractivity contribution in [3.05, 3.63) is 0 Å². The van der Waals surface area contributed by atoms with E-state index in [0.717, 1.165) is 57.1 Å². The standard InChI is InChI=1S/C14H23F6NO2S.C10H15F6NO2S.4C6H2F12O2.2C2HF5/c15-12(16)23-13(17,14(18,19)20)11(22)21-9-7-5-3-1-2-4-6-8-10-24;11-8(12)19-9(13,10(14,15)16)7(18)17-5-3-1-2-4-6-20;4*7-1(3(10,11)12)19-6(17,18)4(13,5(14,15)16)20-2(8)9;2*3-1(4)2(5,6)7/h12,24H,1-10H2,(H,21,22);8,20H,1-6H2,(H,17,18);4*1-2H;2*1H. The van der Waals surface area contributed by atoms with Gasteiger partial charge in [-0.05, 0) is 37.2 Å². The Balaban J connectivity index is -0.000000238. The smallest absolute Gasteiger partial charge is 0.351 e. The molecule has 0 bridgehead atoms. The molecular weight excluding hydrogens is 2240 g/mol. The summed E-state index contributed by atoms with van der Waals surface area (Å²) in [7, 11) is 0. The third-order valence-corrected chi connectivity index (χ3v) is 12.7. The van der Waals surface area contributed by atoms with Crippen molar-refractivity contribution in [1.82, 2.24) is 10.6 Å². The second-order valence-electron chi connectivity index (χ2n) is 22.7. The van der Waals surface area contributed by atoms with Crippen LogP contribution in [0.5, 0.6) is 0 Å². The summed E-state index contributed by atoms with van der Waals surface area (Å²) in [5.41, 5.74) is 0. The Morgan fingerprint density at radius 1 is 0.196 bits per heavy atom. The fourth-order valence-corrected chi connectivity index (χ4v) is 6.49. The molecule has 0 radical (unpaired) electrons. The largest absolute Gasteiger partial charge is 0.458 e. The van der Waals surface area contributed by atoms with Crippen LogP contribution in [0.25, 0.3) is 0 Å². The van der Waals surface area contributed by atoms with Crippen LogP contribution >= 0.6 is 25.3 Å². The van der Waals surface area contributed by atoms with Gasteiger partial charge in [0.2, 0.25) is 0 Å². The van der Waals surface area contributed by atoms with Crippen molar-refractivity contribution >= 4 is 37.1 Å². The summed E-state index contributed by atoms with van der Waals surface area (Å²) in [4.78, 5) is 22.3. The highest BCUT2D eigenvalue weighted by Crippen LogP contribution is 2.55. The van der Waals surface area contributed by atoms with Crippen molar-refractivity contribution in [2.75, 3.05) is 24.6 Å².